The molecule has 0 radical (unpaired) electrons. The van der Waals surface area contributed by atoms with Crippen LogP contribution < -0.4 is 5.32 Å². The molecular formula is C19H20Cl2N2O2. The number of hydrogen-bond acceptors (Lipinski definition) is 3. The monoisotopic (exact) mass is 378 g/mol. The summed E-state index contributed by atoms with van der Waals surface area (Å²) in [6, 6.07) is 6.78. The van der Waals surface area contributed by atoms with Crippen LogP contribution in [0.3, 0.4) is 0 Å². The predicted molar refractivity (Wildman–Crippen MR) is 99.2 cm³/mol. The lowest BCUT2D eigenvalue weighted by molar-refractivity contribution is -0.0199. The van der Waals surface area contributed by atoms with Gasteiger partial charge < -0.3 is 10.4 Å². The highest BCUT2D eigenvalue weighted by molar-refractivity contribution is 6.36. The molecule has 1 spiro atoms. The van der Waals surface area contributed by atoms with Gasteiger partial charge in [-0.1, -0.05) is 23.2 Å². The number of nitrogens with zero attached hydrogens (tertiary/aromatic N) is 1. The number of rotatable bonds is 3. The number of amides is 1. The van der Waals surface area contributed by atoms with E-state index < -0.39 is 5.60 Å². The molecule has 1 aromatic carbocycles. The highest BCUT2D eigenvalue weighted by Gasteiger charge is 2.50. The Kier molecular flexibility index (Phi) is 4.18. The van der Waals surface area contributed by atoms with Gasteiger partial charge in [0.25, 0.3) is 5.91 Å². The van der Waals surface area contributed by atoms with Gasteiger partial charge in [-0.25, -0.2) is 4.98 Å². The lowest BCUT2D eigenvalue weighted by Gasteiger charge is -2.37. The maximum absolute atomic E-state index is 12.8. The van der Waals surface area contributed by atoms with E-state index in [0.717, 1.165) is 19.3 Å². The van der Waals surface area contributed by atoms with Gasteiger partial charge in [0.15, 0.2) is 0 Å². The van der Waals surface area contributed by atoms with E-state index in [2.05, 4.69) is 10.3 Å². The number of aliphatic hydroxyl groups is 1. The Morgan fingerprint density at radius 2 is 1.96 bits per heavy atom. The van der Waals surface area contributed by atoms with Crippen molar-refractivity contribution < 1.29 is 9.90 Å². The third-order valence-corrected chi connectivity index (χ3v) is 6.13. The Morgan fingerprint density at radius 1 is 1.16 bits per heavy atom. The Labute approximate surface area is 156 Å². The number of pyridine rings is 1. The molecule has 2 aliphatic rings. The van der Waals surface area contributed by atoms with E-state index in [1.807, 2.05) is 0 Å². The molecule has 2 aliphatic carbocycles. The molecule has 1 amide bonds. The third kappa shape index (κ3) is 3.35. The lowest BCUT2D eigenvalue weighted by atomic mass is 9.76. The molecule has 6 heteroatoms. The van der Waals surface area contributed by atoms with Gasteiger partial charge in [0.2, 0.25) is 0 Å². The van der Waals surface area contributed by atoms with Gasteiger partial charge in [0, 0.05) is 11.9 Å². The molecule has 0 saturated heterocycles. The second-order valence-corrected chi connectivity index (χ2v) is 8.35. The molecule has 2 N–H and O–H groups in total. The first-order valence-corrected chi connectivity index (χ1v) is 9.41. The molecule has 1 aromatic heterocycles. The van der Waals surface area contributed by atoms with Crippen LogP contribution in [0.4, 0.5) is 0 Å². The smallest absolute Gasteiger partial charge is 0.253 e. The Bertz CT molecular complexity index is 851. The molecule has 2 aromatic rings. The summed E-state index contributed by atoms with van der Waals surface area (Å²) in [4.78, 5) is 17.0. The molecule has 4 rings (SSSR count). The van der Waals surface area contributed by atoms with E-state index in [-0.39, 0.29) is 12.5 Å². The van der Waals surface area contributed by atoms with Crippen molar-refractivity contribution >= 4 is 40.0 Å². The fraction of sp³-hybridized carbons (Fsp3) is 0.474. The molecule has 2 saturated carbocycles. The van der Waals surface area contributed by atoms with Crippen LogP contribution in [0.1, 0.15) is 48.9 Å². The van der Waals surface area contributed by atoms with Crippen molar-refractivity contribution in [2.24, 2.45) is 5.41 Å². The molecule has 1 heterocycles. The van der Waals surface area contributed by atoms with Crippen molar-refractivity contribution in [3.05, 3.63) is 40.0 Å². The highest BCUT2D eigenvalue weighted by atomic mass is 35.5. The maximum atomic E-state index is 12.8. The minimum Gasteiger partial charge on any atom is -0.388 e. The number of nitrogens with one attached hydrogen (secondary N) is 1. The van der Waals surface area contributed by atoms with Crippen molar-refractivity contribution in [3.8, 4) is 0 Å². The summed E-state index contributed by atoms with van der Waals surface area (Å²) >= 11 is 12.2. The summed E-state index contributed by atoms with van der Waals surface area (Å²) in [6.45, 7) is 0.251. The average molecular weight is 379 g/mol. The zero-order valence-corrected chi connectivity index (χ0v) is 15.3. The van der Waals surface area contributed by atoms with Crippen molar-refractivity contribution in [1.82, 2.24) is 10.3 Å². The van der Waals surface area contributed by atoms with Crippen LogP contribution in [0.25, 0.3) is 10.9 Å². The Morgan fingerprint density at radius 3 is 2.72 bits per heavy atom. The van der Waals surface area contributed by atoms with Crippen LogP contribution in [0.15, 0.2) is 24.3 Å². The predicted octanol–water partition coefficient (Wildman–Crippen LogP) is 4.36. The van der Waals surface area contributed by atoms with Crippen LogP contribution in [0.2, 0.25) is 10.2 Å². The summed E-state index contributed by atoms with van der Waals surface area (Å²) in [5.74, 6) is -0.288. The van der Waals surface area contributed by atoms with E-state index >= 15 is 0 Å². The molecule has 4 nitrogen and oxygen atoms in total. The second kappa shape index (κ2) is 6.11. The van der Waals surface area contributed by atoms with Crippen LogP contribution in [-0.4, -0.2) is 28.1 Å². The van der Waals surface area contributed by atoms with Gasteiger partial charge in [-0.05, 0) is 68.2 Å². The van der Waals surface area contributed by atoms with Gasteiger partial charge in [-0.3, -0.25) is 4.79 Å². The van der Waals surface area contributed by atoms with E-state index in [0.29, 0.717) is 32.1 Å². The average Bonchev–Trinajstić information content (AvgIpc) is 3.31. The van der Waals surface area contributed by atoms with Crippen LogP contribution in [0, 0.1) is 5.41 Å². The largest absolute Gasteiger partial charge is 0.388 e. The molecule has 132 valence electrons. The lowest BCUT2D eigenvalue weighted by Crippen LogP contribution is -2.46. The molecular weight excluding hydrogens is 359 g/mol. The maximum Gasteiger partial charge on any atom is 0.253 e. The Balaban J connectivity index is 1.55. The minimum absolute atomic E-state index is 0.251. The van der Waals surface area contributed by atoms with Gasteiger partial charge in [-0.2, -0.15) is 0 Å². The quantitative estimate of drug-likeness (QED) is 0.780. The number of aromatic nitrogens is 1. The first kappa shape index (κ1) is 17.1. The first-order valence-electron chi connectivity index (χ1n) is 8.65. The van der Waals surface area contributed by atoms with Crippen LogP contribution >= 0.6 is 23.2 Å². The van der Waals surface area contributed by atoms with Crippen molar-refractivity contribution in [2.75, 3.05) is 6.54 Å². The minimum atomic E-state index is -0.816. The van der Waals surface area contributed by atoms with Gasteiger partial charge >= 0.3 is 0 Å². The van der Waals surface area contributed by atoms with Crippen LogP contribution in [-0.2, 0) is 0 Å². The molecule has 0 bridgehead atoms. The van der Waals surface area contributed by atoms with Crippen LogP contribution in [0.5, 0.6) is 0 Å². The third-order valence-electron chi connectivity index (χ3n) is 5.60. The number of carbonyl (C=O) groups is 1. The summed E-state index contributed by atoms with van der Waals surface area (Å²) in [7, 11) is 0. The summed E-state index contributed by atoms with van der Waals surface area (Å²) in [6.07, 6.45) is 6.13. The molecule has 1 atom stereocenters. The second-order valence-electron chi connectivity index (χ2n) is 7.56. The molecule has 1 unspecified atom stereocenters. The number of benzene rings is 1. The summed E-state index contributed by atoms with van der Waals surface area (Å²) < 4.78 is 0. The fourth-order valence-electron chi connectivity index (χ4n) is 4.14. The normalized spacial score (nSPS) is 24.4. The van der Waals surface area contributed by atoms with Gasteiger partial charge in [0.05, 0.1) is 21.7 Å². The zero-order chi connectivity index (χ0) is 17.7. The molecule has 25 heavy (non-hydrogen) atoms. The number of halogens is 2. The number of carbonyl (C=O) groups excluding carboxylic acids is 1. The van der Waals surface area contributed by atoms with Crippen molar-refractivity contribution in [2.45, 2.75) is 44.1 Å². The van der Waals surface area contributed by atoms with Gasteiger partial charge in [0.1, 0.15) is 5.15 Å². The number of fused-ring (bicyclic) bond motifs is 1. The SMILES string of the molecule is O=C(NCC1(O)CCCC2(CC2)C1)c1c(Cl)ccc2nc(Cl)ccc12. The zero-order valence-electron chi connectivity index (χ0n) is 13.8. The topological polar surface area (TPSA) is 62.2 Å². The number of hydrogen-bond donors (Lipinski definition) is 2. The van der Waals surface area contributed by atoms with E-state index in [1.165, 1.54) is 19.3 Å². The Hall–Kier alpha value is -1.36. The van der Waals surface area contributed by atoms with E-state index in [1.54, 1.807) is 24.3 Å². The highest BCUT2D eigenvalue weighted by Crippen LogP contribution is 2.58. The van der Waals surface area contributed by atoms with Gasteiger partial charge in [-0.15, -0.1) is 0 Å². The van der Waals surface area contributed by atoms with Crippen molar-refractivity contribution in [3.63, 3.8) is 0 Å². The van der Waals surface area contributed by atoms with E-state index in [9.17, 15) is 9.90 Å². The van der Waals surface area contributed by atoms with Crippen molar-refractivity contribution in [1.29, 1.82) is 0 Å². The summed E-state index contributed by atoms with van der Waals surface area (Å²) in [5.41, 5.74) is 0.512. The van der Waals surface area contributed by atoms with E-state index in [4.69, 9.17) is 23.2 Å². The standard InChI is InChI=1S/C19H20Cl2N2O2/c20-13-3-4-14-12(2-5-15(21)23-14)16(13)17(24)22-11-19(25)7-1-6-18(10-19)8-9-18/h2-5,25H,1,6-11H2,(H,22,24). The first-order chi connectivity index (χ1) is 11.9. The fourth-order valence-corrected chi connectivity index (χ4v) is 4.54. The molecule has 2 fully saturated rings. The molecule has 0 aliphatic heterocycles. The summed E-state index contributed by atoms with van der Waals surface area (Å²) in [5, 5.41) is 15.2.